The minimum absolute atomic E-state index is 0.0545. The first kappa shape index (κ1) is 12.6. The van der Waals surface area contributed by atoms with Gasteiger partial charge in [-0.25, -0.2) is 0 Å². The normalized spacial score (nSPS) is 10.6. The summed E-state index contributed by atoms with van der Waals surface area (Å²) in [5.41, 5.74) is 0.741. The predicted octanol–water partition coefficient (Wildman–Crippen LogP) is 2.09. The van der Waals surface area contributed by atoms with Crippen molar-refractivity contribution in [2.75, 3.05) is 0 Å². The van der Waals surface area contributed by atoms with Crippen molar-refractivity contribution in [1.29, 1.82) is 0 Å². The molecule has 0 unspecified atom stereocenters. The number of aliphatic hydroxyl groups is 1. The first-order valence-corrected chi connectivity index (χ1v) is 5.96. The molecule has 5 heteroatoms. The first-order chi connectivity index (χ1) is 8.83. The third-order valence-corrected chi connectivity index (χ3v) is 2.48. The van der Waals surface area contributed by atoms with Crippen molar-refractivity contribution in [3.63, 3.8) is 0 Å². The maximum atomic E-state index is 9.16. The van der Waals surface area contributed by atoms with Gasteiger partial charge in [-0.05, 0) is 12.5 Å². The van der Waals surface area contributed by atoms with Crippen LogP contribution in [0, 0.1) is 0 Å². The van der Waals surface area contributed by atoms with Crippen molar-refractivity contribution in [1.82, 2.24) is 10.1 Å². The number of benzene rings is 1. The van der Waals surface area contributed by atoms with Crippen LogP contribution in [-0.4, -0.2) is 15.2 Å². The molecule has 1 aromatic carbocycles. The molecule has 5 nitrogen and oxygen atoms in total. The molecule has 0 radical (unpaired) electrons. The van der Waals surface area contributed by atoms with Crippen molar-refractivity contribution < 1.29 is 14.4 Å². The van der Waals surface area contributed by atoms with E-state index in [0.29, 0.717) is 17.5 Å². The van der Waals surface area contributed by atoms with Crippen molar-refractivity contribution in [3.05, 3.63) is 41.5 Å². The minimum Gasteiger partial charge on any atom is -0.483 e. The Morgan fingerprint density at radius 2 is 2.17 bits per heavy atom. The van der Waals surface area contributed by atoms with Gasteiger partial charge in [0.15, 0.2) is 12.4 Å². The molecular formula is C13H16N2O3. The molecule has 0 atom stereocenters. The van der Waals surface area contributed by atoms with Gasteiger partial charge in [-0.15, -0.1) is 0 Å². The van der Waals surface area contributed by atoms with Gasteiger partial charge in [-0.2, -0.15) is 4.98 Å². The van der Waals surface area contributed by atoms with Gasteiger partial charge in [0.2, 0.25) is 0 Å². The molecule has 2 rings (SSSR count). The number of aliphatic hydroxyl groups excluding tert-OH is 1. The highest BCUT2D eigenvalue weighted by Crippen LogP contribution is 2.18. The summed E-state index contributed by atoms with van der Waals surface area (Å²) in [6.07, 6.45) is 1.78. The monoisotopic (exact) mass is 248 g/mol. The highest BCUT2D eigenvalue weighted by molar-refractivity contribution is 5.32. The summed E-state index contributed by atoms with van der Waals surface area (Å²) in [6.45, 7) is 2.22. The Bertz CT molecular complexity index is 496. The van der Waals surface area contributed by atoms with Crippen molar-refractivity contribution >= 4 is 0 Å². The summed E-state index contributed by atoms with van der Waals surface area (Å²) < 4.78 is 10.6. The molecule has 0 bridgehead atoms. The van der Waals surface area contributed by atoms with Gasteiger partial charge in [0.25, 0.3) is 5.89 Å². The van der Waals surface area contributed by atoms with Crippen LogP contribution in [0.5, 0.6) is 5.75 Å². The molecule has 2 aromatic rings. The Balaban J connectivity index is 1.97. The number of hydrogen-bond donors (Lipinski definition) is 1. The largest absolute Gasteiger partial charge is 0.483 e. The lowest BCUT2D eigenvalue weighted by Gasteiger charge is -2.07. The second kappa shape index (κ2) is 6.16. The first-order valence-electron chi connectivity index (χ1n) is 5.96. The fourth-order valence-corrected chi connectivity index (χ4v) is 1.59. The Labute approximate surface area is 105 Å². The molecule has 0 aliphatic heterocycles. The number of nitrogens with zero attached hydrogens (tertiary/aromatic N) is 2. The van der Waals surface area contributed by atoms with Crippen LogP contribution < -0.4 is 4.74 Å². The van der Waals surface area contributed by atoms with E-state index in [9.17, 15) is 0 Å². The lowest BCUT2D eigenvalue weighted by molar-refractivity contribution is 0.228. The second-order valence-electron chi connectivity index (χ2n) is 3.91. The molecule has 0 saturated heterocycles. The molecule has 96 valence electrons. The van der Waals surface area contributed by atoms with E-state index in [2.05, 4.69) is 17.1 Å². The fourth-order valence-electron chi connectivity index (χ4n) is 1.59. The molecule has 0 spiro atoms. The molecule has 1 heterocycles. The Morgan fingerprint density at radius 1 is 1.33 bits per heavy atom. The third-order valence-electron chi connectivity index (χ3n) is 2.48. The van der Waals surface area contributed by atoms with Gasteiger partial charge in [-0.1, -0.05) is 30.3 Å². The van der Waals surface area contributed by atoms with Gasteiger partial charge in [0, 0.05) is 12.0 Å². The van der Waals surface area contributed by atoms with E-state index in [1.54, 1.807) is 6.07 Å². The third kappa shape index (κ3) is 3.07. The van der Waals surface area contributed by atoms with E-state index in [4.69, 9.17) is 14.4 Å². The van der Waals surface area contributed by atoms with Crippen LogP contribution in [0.4, 0.5) is 0 Å². The summed E-state index contributed by atoms with van der Waals surface area (Å²) in [4.78, 5) is 4.21. The standard InChI is InChI=1S/C13H16N2O3/c1-2-5-12-14-13(18-15-12)9-17-11-7-4-3-6-10(11)8-16/h3-4,6-7,16H,2,5,8-9H2,1H3. The summed E-state index contributed by atoms with van der Waals surface area (Å²) in [6, 6.07) is 7.32. The second-order valence-corrected chi connectivity index (χ2v) is 3.91. The average molecular weight is 248 g/mol. The smallest absolute Gasteiger partial charge is 0.264 e. The highest BCUT2D eigenvalue weighted by Gasteiger charge is 2.07. The number of aromatic nitrogens is 2. The van der Waals surface area contributed by atoms with Crippen LogP contribution in [0.3, 0.4) is 0 Å². The Morgan fingerprint density at radius 3 is 2.94 bits per heavy atom. The molecule has 0 fully saturated rings. The molecule has 0 amide bonds. The molecule has 0 aliphatic rings. The van der Waals surface area contributed by atoms with E-state index in [0.717, 1.165) is 18.4 Å². The zero-order valence-electron chi connectivity index (χ0n) is 10.3. The Hall–Kier alpha value is -1.88. The van der Waals surface area contributed by atoms with Crippen LogP contribution in [0.15, 0.2) is 28.8 Å². The van der Waals surface area contributed by atoms with Gasteiger partial charge in [-0.3, -0.25) is 0 Å². The molecule has 1 aromatic heterocycles. The molecule has 0 saturated carbocycles. The zero-order valence-corrected chi connectivity index (χ0v) is 10.3. The molecular weight excluding hydrogens is 232 g/mol. The number of para-hydroxylation sites is 1. The lowest BCUT2D eigenvalue weighted by Crippen LogP contribution is -1.99. The SMILES string of the molecule is CCCc1noc(COc2ccccc2CO)n1. The van der Waals surface area contributed by atoms with E-state index < -0.39 is 0 Å². The quantitative estimate of drug-likeness (QED) is 0.847. The van der Waals surface area contributed by atoms with Crippen LogP contribution in [0.2, 0.25) is 0 Å². The van der Waals surface area contributed by atoms with Crippen molar-refractivity contribution in [3.8, 4) is 5.75 Å². The Kier molecular flexibility index (Phi) is 4.30. The minimum atomic E-state index is -0.0545. The molecule has 18 heavy (non-hydrogen) atoms. The number of hydrogen-bond acceptors (Lipinski definition) is 5. The van der Waals surface area contributed by atoms with Gasteiger partial charge >= 0.3 is 0 Å². The zero-order chi connectivity index (χ0) is 12.8. The van der Waals surface area contributed by atoms with E-state index >= 15 is 0 Å². The average Bonchev–Trinajstić information content (AvgIpc) is 2.85. The topological polar surface area (TPSA) is 68.4 Å². The van der Waals surface area contributed by atoms with Crippen LogP contribution in [0.25, 0.3) is 0 Å². The van der Waals surface area contributed by atoms with Crippen LogP contribution in [0.1, 0.15) is 30.6 Å². The maximum absolute atomic E-state index is 9.16. The number of aryl methyl sites for hydroxylation is 1. The lowest BCUT2D eigenvalue weighted by atomic mass is 10.2. The fraction of sp³-hybridized carbons (Fsp3) is 0.385. The predicted molar refractivity (Wildman–Crippen MR) is 65.0 cm³/mol. The van der Waals surface area contributed by atoms with E-state index in [1.165, 1.54) is 0 Å². The highest BCUT2D eigenvalue weighted by atomic mass is 16.5. The summed E-state index contributed by atoms with van der Waals surface area (Å²) in [5, 5.41) is 13.0. The number of ether oxygens (including phenoxy) is 1. The van der Waals surface area contributed by atoms with Crippen LogP contribution in [-0.2, 0) is 19.6 Å². The summed E-state index contributed by atoms with van der Waals surface area (Å²) in [5.74, 6) is 1.79. The summed E-state index contributed by atoms with van der Waals surface area (Å²) >= 11 is 0. The summed E-state index contributed by atoms with van der Waals surface area (Å²) in [7, 11) is 0. The van der Waals surface area contributed by atoms with Gasteiger partial charge in [0.05, 0.1) is 6.61 Å². The molecule has 1 N–H and O–H groups in total. The number of rotatable bonds is 6. The van der Waals surface area contributed by atoms with E-state index in [-0.39, 0.29) is 13.2 Å². The van der Waals surface area contributed by atoms with E-state index in [1.807, 2.05) is 18.2 Å². The van der Waals surface area contributed by atoms with Crippen molar-refractivity contribution in [2.24, 2.45) is 0 Å². The van der Waals surface area contributed by atoms with Gasteiger partial charge in [0.1, 0.15) is 5.75 Å². The van der Waals surface area contributed by atoms with Gasteiger partial charge < -0.3 is 14.4 Å². The van der Waals surface area contributed by atoms with Crippen LogP contribution >= 0.6 is 0 Å². The van der Waals surface area contributed by atoms with Crippen molar-refractivity contribution in [2.45, 2.75) is 33.0 Å². The maximum Gasteiger partial charge on any atom is 0.264 e. The molecule has 0 aliphatic carbocycles.